The van der Waals surface area contributed by atoms with Crippen LogP contribution in [0.3, 0.4) is 0 Å². The maximum atomic E-state index is 13.5. The Morgan fingerprint density at radius 3 is 2.08 bits per heavy atom. The molecule has 3 heterocycles. The highest BCUT2D eigenvalue weighted by atomic mass is 16.5. The molecule has 9 heteroatoms. The second kappa shape index (κ2) is 8.52. The van der Waals surface area contributed by atoms with Crippen LogP contribution in [0, 0.1) is 0 Å². The highest BCUT2D eigenvalue weighted by molar-refractivity contribution is 6.22. The van der Waals surface area contributed by atoms with Gasteiger partial charge in [0.25, 0.3) is 0 Å². The van der Waals surface area contributed by atoms with E-state index in [4.69, 9.17) is 34.8 Å². The summed E-state index contributed by atoms with van der Waals surface area (Å²) in [6.45, 7) is 0. The molecule has 3 aromatic heterocycles. The number of ether oxygens (including phenoxy) is 4. The number of hydrogen-bond donors (Lipinski definition) is 2. The van der Waals surface area contributed by atoms with Crippen molar-refractivity contribution in [1.82, 2.24) is 4.40 Å². The van der Waals surface area contributed by atoms with Crippen molar-refractivity contribution in [3.63, 3.8) is 0 Å². The largest absolute Gasteiger partial charge is 0.495 e. The van der Waals surface area contributed by atoms with Crippen LogP contribution in [-0.4, -0.2) is 32.8 Å². The molecule has 0 aliphatic carbocycles. The fraction of sp³-hybridized carbons (Fsp3) is 0.138. The van der Waals surface area contributed by atoms with E-state index >= 15 is 0 Å². The topological polar surface area (TPSA) is 124 Å². The summed E-state index contributed by atoms with van der Waals surface area (Å²) >= 11 is 0. The Morgan fingerprint density at radius 2 is 1.37 bits per heavy atom. The summed E-state index contributed by atoms with van der Waals surface area (Å²) < 4.78 is 29.8. The number of methoxy groups -OCH3 is 4. The van der Waals surface area contributed by atoms with Gasteiger partial charge in [0.05, 0.1) is 45.3 Å². The summed E-state index contributed by atoms with van der Waals surface area (Å²) in [4.78, 5) is 13.5. The van der Waals surface area contributed by atoms with E-state index in [1.54, 1.807) is 46.6 Å². The first-order valence-corrected chi connectivity index (χ1v) is 11.8. The van der Waals surface area contributed by atoms with Crippen LogP contribution in [0.2, 0.25) is 0 Å². The highest BCUT2D eigenvalue weighted by Crippen LogP contribution is 2.45. The van der Waals surface area contributed by atoms with Gasteiger partial charge >= 0.3 is 5.63 Å². The fourth-order valence-electron chi connectivity index (χ4n) is 5.19. The first-order chi connectivity index (χ1) is 18.4. The summed E-state index contributed by atoms with van der Waals surface area (Å²) in [5, 5.41) is 3.11. The Balaban J connectivity index is 1.92. The van der Waals surface area contributed by atoms with Crippen LogP contribution in [0.5, 0.6) is 23.0 Å². The number of aromatic nitrogens is 1. The molecule has 6 rings (SSSR count). The number of nitrogens with zero attached hydrogens (tertiary/aromatic N) is 1. The summed E-state index contributed by atoms with van der Waals surface area (Å²) in [5.74, 6) is 2.15. The Kier molecular flexibility index (Phi) is 5.23. The first kappa shape index (κ1) is 23.4. The van der Waals surface area contributed by atoms with E-state index in [0.717, 1.165) is 27.4 Å². The minimum absolute atomic E-state index is 0.351. The van der Waals surface area contributed by atoms with Crippen molar-refractivity contribution in [1.29, 1.82) is 0 Å². The minimum Gasteiger partial charge on any atom is -0.495 e. The average Bonchev–Trinajstić information content (AvgIpc) is 3.28. The van der Waals surface area contributed by atoms with Gasteiger partial charge < -0.3 is 39.2 Å². The van der Waals surface area contributed by atoms with Gasteiger partial charge in [0.2, 0.25) is 0 Å². The van der Waals surface area contributed by atoms with Crippen LogP contribution in [-0.2, 0) is 0 Å². The van der Waals surface area contributed by atoms with E-state index in [9.17, 15) is 4.79 Å². The SMILES string of the molecule is COc1cc(-c2c3c4cc(OC)c(N)cc4oc(=O)c3n3ccc4cc(OC)c(OC)cc4c23)ccc1N. The lowest BCUT2D eigenvalue weighted by molar-refractivity contribution is 0.356. The van der Waals surface area contributed by atoms with Crippen LogP contribution < -0.4 is 36.0 Å². The molecule has 0 amide bonds. The highest BCUT2D eigenvalue weighted by Gasteiger charge is 2.24. The molecule has 0 aliphatic rings. The summed E-state index contributed by atoms with van der Waals surface area (Å²) in [5.41, 5.74) is 15.8. The third-order valence-electron chi connectivity index (χ3n) is 6.94. The molecular formula is C29H25N3O6. The lowest BCUT2D eigenvalue weighted by Crippen LogP contribution is -2.03. The summed E-state index contributed by atoms with van der Waals surface area (Å²) in [6, 6.07) is 14.7. The van der Waals surface area contributed by atoms with Crippen molar-refractivity contribution in [3.8, 4) is 34.1 Å². The quantitative estimate of drug-likeness (QED) is 0.239. The molecule has 0 spiro atoms. The predicted octanol–water partition coefficient (Wildman–Crippen LogP) is 5.22. The minimum atomic E-state index is -0.499. The number of nitrogens with two attached hydrogens (primary N) is 2. The zero-order valence-corrected chi connectivity index (χ0v) is 21.2. The lowest BCUT2D eigenvalue weighted by Gasteiger charge is -2.12. The number of benzene rings is 3. The van der Waals surface area contributed by atoms with Crippen molar-refractivity contribution in [2.75, 3.05) is 39.9 Å². The summed E-state index contributed by atoms with van der Waals surface area (Å²) in [6.07, 6.45) is 1.85. The summed E-state index contributed by atoms with van der Waals surface area (Å²) in [7, 11) is 6.29. The van der Waals surface area contributed by atoms with Crippen LogP contribution in [0.1, 0.15) is 0 Å². The van der Waals surface area contributed by atoms with Crippen LogP contribution in [0.15, 0.2) is 63.9 Å². The number of pyridine rings is 1. The molecular weight excluding hydrogens is 486 g/mol. The molecule has 0 aliphatic heterocycles. The van der Waals surface area contributed by atoms with Gasteiger partial charge in [-0.1, -0.05) is 6.07 Å². The zero-order valence-electron chi connectivity index (χ0n) is 21.2. The van der Waals surface area contributed by atoms with Gasteiger partial charge in [0, 0.05) is 34.0 Å². The van der Waals surface area contributed by atoms with Crippen molar-refractivity contribution in [2.24, 2.45) is 0 Å². The van der Waals surface area contributed by atoms with E-state index in [-0.39, 0.29) is 0 Å². The molecule has 0 unspecified atom stereocenters. The molecule has 3 aromatic carbocycles. The van der Waals surface area contributed by atoms with E-state index in [1.807, 2.05) is 40.9 Å². The molecule has 0 bridgehead atoms. The van der Waals surface area contributed by atoms with Crippen molar-refractivity contribution >= 4 is 49.5 Å². The predicted molar refractivity (Wildman–Crippen MR) is 149 cm³/mol. The van der Waals surface area contributed by atoms with Crippen molar-refractivity contribution in [2.45, 2.75) is 0 Å². The third-order valence-corrected chi connectivity index (χ3v) is 6.94. The fourth-order valence-corrected chi connectivity index (χ4v) is 5.19. The monoisotopic (exact) mass is 511 g/mol. The number of rotatable bonds is 5. The van der Waals surface area contributed by atoms with Gasteiger partial charge in [-0.2, -0.15) is 0 Å². The second-order valence-electron chi connectivity index (χ2n) is 8.86. The average molecular weight is 512 g/mol. The maximum Gasteiger partial charge on any atom is 0.361 e. The van der Waals surface area contributed by atoms with Gasteiger partial charge in [-0.05, 0) is 47.3 Å². The molecule has 4 N–H and O–H groups in total. The number of anilines is 2. The Labute approximate surface area is 216 Å². The lowest BCUT2D eigenvalue weighted by atomic mass is 9.97. The standard InChI is InChI=1S/C29H25N3O6/c1-34-21-10-15(5-6-18(21)30)25-26-17-12-22(35-2)19(31)13-20(17)38-29(33)28(26)32-8-7-14-9-23(36-3)24(37-4)11-16(14)27(25)32/h5-13H,30-31H2,1-4H3. The molecule has 0 saturated carbocycles. The Hall–Kier alpha value is -5.05. The van der Waals surface area contributed by atoms with Crippen molar-refractivity contribution in [3.05, 3.63) is 65.1 Å². The first-order valence-electron chi connectivity index (χ1n) is 11.8. The molecule has 0 radical (unpaired) electrons. The van der Waals surface area contributed by atoms with Crippen LogP contribution in [0.4, 0.5) is 11.4 Å². The molecule has 0 saturated heterocycles. The normalized spacial score (nSPS) is 11.5. The van der Waals surface area contributed by atoms with Gasteiger partial charge in [-0.25, -0.2) is 4.79 Å². The van der Waals surface area contributed by atoms with Crippen LogP contribution in [0.25, 0.3) is 49.3 Å². The van der Waals surface area contributed by atoms with Gasteiger partial charge in [-0.15, -0.1) is 0 Å². The van der Waals surface area contributed by atoms with E-state index < -0.39 is 5.63 Å². The number of hydrogen-bond acceptors (Lipinski definition) is 8. The van der Waals surface area contributed by atoms with Crippen molar-refractivity contribution < 1.29 is 23.4 Å². The van der Waals surface area contributed by atoms with E-state index in [0.29, 0.717) is 56.2 Å². The number of fused-ring (bicyclic) bond motifs is 7. The van der Waals surface area contributed by atoms with Gasteiger partial charge in [0.1, 0.15) is 22.6 Å². The Bertz CT molecular complexity index is 1970. The molecule has 9 nitrogen and oxygen atoms in total. The molecule has 0 atom stereocenters. The van der Waals surface area contributed by atoms with E-state index in [1.165, 1.54) is 0 Å². The smallest absolute Gasteiger partial charge is 0.361 e. The van der Waals surface area contributed by atoms with Crippen LogP contribution >= 0.6 is 0 Å². The third kappa shape index (κ3) is 3.21. The molecule has 0 fully saturated rings. The molecule has 192 valence electrons. The zero-order chi connectivity index (χ0) is 26.7. The molecule has 6 aromatic rings. The second-order valence-corrected chi connectivity index (χ2v) is 8.86. The number of nitrogen functional groups attached to an aromatic ring is 2. The van der Waals surface area contributed by atoms with Gasteiger partial charge in [0.15, 0.2) is 11.5 Å². The van der Waals surface area contributed by atoms with Gasteiger partial charge in [-0.3, -0.25) is 0 Å². The Morgan fingerprint density at radius 1 is 0.711 bits per heavy atom. The molecule has 38 heavy (non-hydrogen) atoms. The van der Waals surface area contributed by atoms with E-state index in [2.05, 4.69) is 0 Å². The maximum absolute atomic E-state index is 13.5.